The van der Waals surface area contributed by atoms with E-state index in [9.17, 15) is 0 Å². The SMILES string of the molecule is c1ccc(-c2ccc(-c3cc(-c4cccc(-c5cccc(-c6cccc7nc(-c8ccccc8)c8sc9ccccc9c8c67)c5)c4)nc(-c4ccccc4)n3)cc2)cc1. The van der Waals surface area contributed by atoms with E-state index in [-0.39, 0.29) is 0 Å². The summed E-state index contributed by atoms with van der Waals surface area (Å²) in [6.45, 7) is 0. The van der Waals surface area contributed by atoms with Gasteiger partial charge in [-0.25, -0.2) is 15.0 Å². The van der Waals surface area contributed by atoms with E-state index in [1.165, 1.54) is 42.2 Å². The number of nitrogens with zero attached hydrogens (tertiary/aromatic N) is 3. The fourth-order valence-corrected chi connectivity index (χ4v) is 9.43. The first kappa shape index (κ1) is 34.7. The predicted octanol–water partition coefficient (Wildman–Crippen LogP) is 15.1. The van der Waals surface area contributed by atoms with E-state index in [0.29, 0.717) is 5.82 Å². The Labute approximate surface area is 346 Å². The molecule has 0 aliphatic heterocycles. The van der Waals surface area contributed by atoms with Gasteiger partial charge in [-0.15, -0.1) is 11.3 Å². The number of rotatable bonds is 7. The first-order valence-corrected chi connectivity index (χ1v) is 20.7. The smallest absolute Gasteiger partial charge is 0.160 e. The third-order valence-electron chi connectivity index (χ3n) is 11.1. The molecule has 59 heavy (non-hydrogen) atoms. The van der Waals surface area contributed by atoms with Gasteiger partial charge in [-0.05, 0) is 63.7 Å². The Bertz CT molecular complexity index is 3300. The summed E-state index contributed by atoms with van der Waals surface area (Å²) in [4.78, 5) is 15.6. The molecular weight excluding hydrogens is 735 g/mol. The molecule has 3 heterocycles. The van der Waals surface area contributed by atoms with Gasteiger partial charge in [0.15, 0.2) is 5.82 Å². The molecule has 0 atom stereocenters. The first-order valence-electron chi connectivity index (χ1n) is 19.8. The fraction of sp³-hybridized carbons (Fsp3) is 0. The van der Waals surface area contributed by atoms with Crippen molar-refractivity contribution < 1.29 is 0 Å². The van der Waals surface area contributed by atoms with Crippen molar-refractivity contribution in [2.24, 2.45) is 0 Å². The summed E-state index contributed by atoms with van der Waals surface area (Å²) in [5, 5.41) is 3.71. The van der Waals surface area contributed by atoms with Gasteiger partial charge in [-0.2, -0.15) is 0 Å². The Balaban J connectivity index is 1.02. The maximum Gasteiger partial charge on any atom is 0.160 e. The maximum atomic E-state index is 5.36. The van der Waals surface area contributed by atoms with Gasteiger partial charge < -0.3 is 0 Å². The highest BCUT2D eigenvalue weighted by Crippen LogP contribution is 2.45. The van der Waals surface area contributed by atoms with Crippen LogP contribution in [-0.2, 0) is 0 Å². The molecule has 0 unspecified atom stereocenters. The van der Waals surface area contributed by atoms with E-state index in [2.05, 4.69) is 188 Å². The summed E-state index contributed by atoms with van der Waals surface area (Å²) in [5.41, 5.74) is 14.9. The van der Waals surface area contributed by atoms with Gasteiger partial charge >= 0.3 is 0 Å². The van der Waals surface area contributed by atoms with E-state index in [1.54, 1.807) is 0 Å². The third-order valence-corrected chi connectivity index (χ3v) is 12.3. The van der Waals surface area contributed by atoms with Gasteiger partial charge in [0.1, 0.15) is 0 Å². The lowest BCUT2D eigenvalue weighted by Crippen LogP contribution is -1.96. The molecule has 8 aromatic carbocycles. The zero-order chi connectivity index (χ0) is 39.1. The first-order chi connectivity index (χ1) is 29.2. The minimum Gasteiger partial charge on any atom is -0.246 e. The van der Waals surface area contributed by atoms with Crippen LogP contribution < -0.4 is 0 Å². The Morgan fingerprint density at radius 1 is 0.322 bits per heavy atom. The molecule has 0 N–H and O–H groups in total. The standard InChI is InChI=1S/C55H35N3S/c1-4-15-36(16-5-1)37-29-31-38(32-30-37)48-35-49(58-55(57-48)40-19-8-3-9-20-40)44-24-13-22-42(34-44)41-21-12-23-43(33-41)45-26-14-27-47-51(45)52-46-25-10-11-28-50(46)59-54(52)53(56-47)39-17-6-2-7-18-39/h1-35H. The van der Waals surface area contributed by atoms with E-state index in [0.717, 1.165) is 61.5 Å². The van der Waals surface area contributed by atoms with Crippen LogP contribution in [0.3, 0.4) is 0 Å². The number of benzene rings is 8. The van der Waals surface area contributed by atoms with E-state index in [4.69, 9.17) is 15.0 Å². The number of fused-ring (bicyclic) bond motifs is 5. The maximum absolute atomic E-state index is 5.36. The quantitative estimate of drug-likeness (QED) is 0.162. The number of hydrogen-bond donors (Lipinski definition) is 0. The van der Waals surface area contributed by atoms with Crippen molar-refractivity contribution in [1.29, 1.82) is 0 Å². The molecule has 0 amide bonds. The van der Waals surface area contributed by atoms with Crippen molar-refractivity contribution in [3.05, 3.63) is 212 Å². The summed E-state index contributed by atoms with van der Waals surface area (Å²) in [5.74, 6) is 0.699. The topological polar surface area (TPSA) is 38.7 Å². The van der Waals surface area contributed by atoms with Crippen molar-refractivity contribution in [3.63, 3.8) is 0 Å². The van der Waals surface area contributed by atoms with Crippen LogP contribution >= 0.6 is 11.3 Å². The lowest BCUT2D eigenvalue weighted by atomic mass is 9.93. The lowest BCUT2D eigenvalue weighted by molar-refractivity contribution is 1.18. The minimum atomic E-state index is 0.699. The van der Waals surface area contributed by atoms with Gasteiger partial charge in [0, 0.05) is 43.1 Å². The van der Waals surface area contributed by atoms with Crippen molar-refractivity contribution in [2.45, 2.75) is 0 Å². The summed E-state index contributed by atoms with van der Waals surface area (Å²) < 4.78 is 2.48. The van der Waals surface area contributed by atoms with Crippen molar-refractivity contribution in [2.75, 3.05) is 0 Å². The van der Waals surface area contributed by atoms with Crippen LogP contribution in [0.15, 0.2) is 212 Å². The highest BCUT2D eigenvalue weighted by molar-refractivity contribution is 7.26. The van der Waals surface area contributed by atoms with Crippen LogP contribution in [0.5, 0.6) is 0 Å². The summed E-state index contributed by atoms with van der Waals surface area (Å²) in [6.07, 6.45) is 0. The normalized spacial score (nSPS) is 11.4. The molecule has 3 aromatic heterocycles. The predicted molar refractivity (Wildman–Crippen MR) is 248 cm³/mol. The monoisotopic (exact) mass is 769 g/mol. The van der Waals surface area contributed by atoms with E-state index >= 15 is 0 Å². The molecule has 11 aromatic rings. The summed E-state index contributed by atoms with van der Waals surface area (Å²) in [7, 11) is 0. The molecule has 276 valence electrons. The average molecular weight is 770 g/mol. The minimum absolute atomic E-state index is 0.699. The second-order valence-electron chi connectivity index (χ2n) is 14.8. The van der Waals surface area contributed by atoms with E-state index < -0.39 is 0 Å². The Kier molecular flexibility index (Phi) is 8.68. The second kappa shape index (κ2) is 14.8. The van der Waals surface area contributed by atoms with Crippen LogP contribution in [0, 0.1) is 0 Å². The lowest BCUT2D eigenvalue weighted by Gasteiger charge is -2.13. The van der Waals surface area contributed by atoms with E-state index in [1.807, 2.05) is 35.6 Å². The van der Waals surface area contributed by atoms with Crippen LogP contribution in [0.25, 0.3) is 110 Å². The van der Waals surface area contributed by atoms with Crippen molar-refractivity contribution in [1.82, 2.24) is 15.0 Å². The van der Waals surface area contributed by atoms with Crippen LogP contribution in [0.4, 0.5) is 0 Å². The molecule has 4 heteroatoms. The highest BCUT2D eigenvalue weighted by Gasteiger charge is 2.19. The molecule has 3 nitrogen and oxygen atoms in total. The largest absolute Gasteiger partial charge is 0.246 e. The zero-order valence-corrected chi connectivity index (χ0v) is 32.8. The average Bonchev–Trinajstić information content (AvgIpc) is 3.72. The number of thiophene rings is 1. The van der Waals surface area contributed by atoms with Crippen LogP contribution in [0.2, 0.25) is 0 Å². The number of hydrogen-bond acceptors (Lipinski definition) is 4. The third kappa shape index (κ3) is 6.46. The summed E-state index contributed by atoms with van der Waals surface area (Å²) >= 11 is 1.83. The molecular formula is C55H35N3S. The van der Waals surface area contributed by atoms with Gasteiger partial charge in [0.25, 0.3) is 0 Å². The Hall–Kier alpha value is -7.53. The molecule has 0 bridgehead atoms. The molecule has 0 aliphatic rings. The van der Waals surface area contributed by atoms with Gasteiger partial charge in [-0.3, -0.25) is 0 Å². The highest BCUT2D eigenvalue weighted by atomic mass is 32.1. The Morgan fingerprint density at radius 2 is 0.847 bits per heavy atom. The van der Waals surface area contributed by atoms with Gasteiger partial charge in [0.05, 0.1) is 27.3 Å². The molecule has 0 saturated heterocycles. The number of aromatic nitrogens is 3. The number of pyridine rings is 1. The second-order valence-corrected chi connectivity index (χ2v) is 15.8. The van der Waals surface area contributed by atoms with Crippen LogP contribution in [0.1, 0.15) is 0 Å². The van der Waals surface area contributed by atoms with Crippen LogP contribution in [-0.4, -0.2) is 15.0 Å². The van der Waals surface area contributed by atoms with Gasteiger partial charge in [-0.1, -0.05) is 182 Å². The Morgan fingerprint density at radius 3 is 1.58 bits per heavy atom. The zero-order valence-electron chi connectivity index (χ0n) is 32.0. The molecule has 0 radical (unpaired) electrons. The summed E-state index contributed by atoms with van der Waals surface area (Å²) in [6, 6.07) is 74.9. The molecule has 11 rings (SSSR count). The molecule has 0 saturated carbocycles. The molecule has 0 spiro atoms. The fourth-order valence-electron chi connectivity index (χ4n) is 8.21. The molecule has 0 aliphatic carbocycles. The van der Waals surface area contributed by atoms with Crippen molar-refractivity contribution in [3.8, 4) is 78.5 Å². The van der Waals surface area contributed by atoms with Crippen molar-refractivity contribution >= 4 is 42.4 Å². The molecule has 0 fully saturated rings. The van der Waals surface area contributed by atoms with Gasteiger partial charge in [0.2, 0.25) is 0 Å².